The first kappa shape index (κ1) is 11.9. The Morgan fingerprint density at radius 1 is 1.25 bits per heavy atom. The van der Waals surface area contributed by atoms with Crippen LogP contribution in [0.2, 0.25) is 19.6 Å². The van der Waals surface area contributed by atoms with E-state index in [1.54, 1.807) is 0 Å². The maximum Gasteiger partial charge on any atom is 0.0728 e. The van der Waals surface area contributed by atoms with E-state index in [2.05, 4.69) is 40.4 Å². The van der Waals surface area contributed by atoms with Crippen molar-refractivity contribution in [1.82, 2.24) is 0 Å². The van der Waals surface area contributed by atoms with Crippen LogP contribution in [0.15, 0.2) is 11.3 Å². The Morgan fingerprint density at radius 2 is 1.67 bits per heavy atom. The topological polar surface area (TPSA) is 20.2 Å². The number of hydrogen-bond donors (Lipinski definition) is 1. The van der Waals surface area contributed by atoms with Gasteiger partial charge in [-0.05, 0) is 5.41 Å². The molecule has 12 heavy (non-hydrogen) atoms. The van der Waals surface area contributed by atoms with E-state index in [9.17, 15) is 0 Å². The Bertz CT molecular complexity index is 153. The fourth-order valence-electron chi connectivity index (χ4n) is 1.83. The molecule has 0 radical (unpaired) electrons. The van der Waals surface area contributed by atoms with Gasteiger partial charge >= 0.3 is 0 Å². The van der Waals surface area contributed by atoms with Crippen molar-refractivity contribution in [2.45, 2.75) is 40.4 Å². The van der Waals surface area contributed by atoms with Gasteiger partial charge in [0.2, 0.25) is 0 Å². The predicted octanol–water partition coefficient (Wildman–Crippen LogP) is 2.83. The lowest BCUT2D eigenvalue weighted by Crippen LogP contribution is -2.32. The van der Waals surface area contributed by atoms with Gasteiger partial charge in [0.1, 0.15) is 0 Å². The Labute approximate surface area is 77.5 Å². The van der Waals surface area contributed by atoms with Crippen LogP contribution < -0.4 is 0 Å². The van der Waals surface area contributed by atoms with E-state index < -0.39 is 8.07 Å². The van der Waals surface area contributed by atoms with E-state index in [0.29, 0.717) is 0 Å². The van der Waals surface area contributed by atoms with Gasteiger partial charge < -0.3 is 5.11 Å². The molecule has 1 nitrogen and oxygen atoms in total. The number of aliphatic hydroxyl groups excluding tert-OH is 1. The van der Waals surface area contributed by atoms with E-state index in [1.807, 2.05) is 6.08 Å². The van der Waals surface area contributed by atoms with Gasteiger partial charge in [0.15, 0.2) is 0 Å². The van der Waals surface area contributed by atoms with Crippen LogP contribution in [0.5, 0.6) is 0 Å². The molecule has 0 aromatic rings. The molecule has 0 amide bonds. The van der Waals surface area contributed by atoms with E-state index in [1.165, 1.54) is 5.20 Å². The molecule has 72 valence electrons. The van der Waals surface area contributed by atoms with E-state index in [4.69, 9.17) is 5.11 Å². The largest absolute Gasteiger partial charge is 0.392 e. The summed E-state index contributed by atoms with van der Waals surface area (Å²) in [4.78, 5) is 0. The first-order chi connectivity index (χ1) is 5.19. The second-order valence-electron chi connectivity index (χ2n) is 5.30. The van der Waals surface area contributed by atoms with Crippen molar-refractivity contribution in [3.05, 3.63) is 11.3 Å². The average Bonchev–Trinajstić information content (AvgIpc) is 1.77. The Balaban J connectivity index is 4.83. The lowest BCUT2D eigenvalue weighted by molar-refractivity contribution is 0.339. The first-order valence-electron chi connectivity index (χ1n) is 4.51. The van der Waals surface area contributed by atoms with Crippen LogP contribution in [0.3, 0.4) is 0 Å². The highest BCUT2D eigenvalue weighted by atomic mass is 28.3. The zero-order chi connectivity index (χ0) is 9.99. The third-order valence-corrected chi connectivity index (χ3v) is 4.48. The summed E-state index contributed by atoms with van der Waals surface area (Å²) in [5.41, 5.74) is 0.215. The van der Waals surface area contributed by atoms with Crippen LogP contribution in [0.4, 0.5) is 0 Å². The van der Waals surface area contributed by atoms with Crippen molar-refractivity contribution in [3.8, 4) is 0 Å². The molecule has 0 rings (SSSR count). The second kappa shape index (κ2) is 3.75. The smallest absolute Gasteiger partial charge is 0.0728 e. The molecule has 0 unspecified atom stereocenters. The maximum atomic E-state index is 8.91. The molecule has 0 saturated heterocycles. The minimum absolute atomic E-state index is 0.177. The van der Waals surface area contributed by atoms with Crippen molar-refractivity contribution in [2.24, 2.45) is 5.41 Å². The minimum atomic E-state index is -1.24. The van der Waals surface area contributed by atoms with Gasteiger partial charge in [0.05, 0.1) is 14.7 Å². The second-order valence-corrected chi connectivity index (χ2v) is 10.3. The summed E-state index contributed by atoms with van der Waals surface area (Å²) in [6, 6.07) is 0. The lowest BCUT2D eigenvalue weighted by atomic mass is 9.96. The van der Waals surface area contributed by atoms with Crippen molar-refractivity contribution >= 4 is 8.07 Å². The van der Waals surface area contributed by atoms with Crippen LogP contribution >= 0.6 is 0 Å². The normalized spacial score (nSPS) is 15.1. The monoisotopic (exact) mass is 186 g/mol. The van der Waals surface area contributed by atoms with Gasteiger partial charge in [-0.3, -0.25) is 0 Å². The van der Waals surface area contributed by atoms with Gasteiger partial charge in [-0.2, -0.15) is 0 Å². The summed E-state index contributed by atoms with van der Waals surface area (Å²) in [7, 11) is -1.24. The molecule has 0 saturated carbocycles. The summed E-state index contributed by atoms with van der Waals surface area (Å²) in [5, 5.41) is 10.4. The highest BCUT2D eigenvalue weighted by Crippen LogP contribution is 2.32. The molecule has 0 heterocycles. The van der Waals surface area contributed by atoms with Crippen molar-refractivity contribution in [2.75, 3.05) is 6.61 Å². The van der Waals surface area contributed by atoms with Crippen molar-refractivity contribution < 1.29 is 5.11 Å². The van der Waals surface area contributed by atoms with Crippen LogP contribution in [-0.4, -0.2) is 19.8 Å². The molecule has 1 N–H and O–H groups in total. The zero-order valence-electron chi connectivity index (χ0n) is 9.23. The van der Waals surface area contributed by atoms with E-state index in [0.717, 1.165) is 0 Å². The fourth-order valence-corrected chi connectivity index (χ4v) is 4.78. The van der Waals surface area contributed by atoms with Crippen molar-refractivity contribution in [3.63, 3.8) is 0 Å². The van der Waals surface area contributed by atoms with Crippen molar-refractivity contribution in [1.29, 1.82) is 0 Å². The van der Waals surface area contributed by atoms with Gasteiger partial charge in [-0.25, -0.2) is 0 Å². The lowest BCUT2D eigenvalue weighted by Gasteiger charge is -2.32. The van der Waals surface area contributed by atoms with Gasteiger partial charge in [-0.1, -0.05) is 51.7 Å². The van der Waals surface area contributed by atoms with E-state index in [-0.39, 0.29) is 12.0 Å². The predicted molar refractivity (Wildman–Crippen MR) is 58.0 cm³/mol. The van der Waals surface area contributed by atoms with Crippen LogP contribution in [-0.2, 0) is 0 Å². The Morgan fingerprint density at radius 3 is 1.75 bits per heavy atom. The summed E-state index contributed by atoms with van der Waals surface area (Å²) in [6.45, 7) is 13.8. The Kier molecular flexibility index (Phi) is 3.73. The van der Waals surface area contributed by atoms with Gasteiger partial charge in [0, 0.05) is 0 Å². The number of allylic oxidation sites excluding steroid dienone is 1. The minimum Gasteiger partial charge on any atom is -0.392 e. The molecule has 0 aliphatic carbocycles. The summed E-state index contributed by atoms with van der Waals surface area (Å²) >= 11 is 0. The Hall–Kier alpha value is -0.0831. The zero-order valence-corrected chi connectivity index (χ0v) is 10.2. The molecule has 0 atom stereocenters. The first-order valence-corrected chi connectivity index (χ1v) is 8.01. The number of hydrogen-bond acceptors (Lipinski definition) is 1. The fraction of sp³-hybridized carbons (Fsp3) is 0.800. The molecule has 0 aromatic heterocycles. The number of aliphatic hydroxyl groups is 1. The average molecular weight is 186 g/mol. The van der Waals surface area contributed by atoms with Gasteiger partial charge in [-0.15, -0.1) is 0 Å². The summed E-state index contributed by atoms with van der Waals surface area (Å²) < 4.78 is 0. The summed E-state index contributed by atoms with van der Waals surface area (Å²) in [5.74, 6) is 0. The van der Waals surface area contributed by atoms with E-state index >= 15 is 0 Å². The quantitative estimate of drug-likeness (QED) is 0.658. The molecule has 0 bridgehead atoms. The molecule has 0 aliphatic heterocycles. The third-order valence-electron chi connectivity index (χ3n) is 1.91. The van der Waals surface area contributed by atoms with Crippen LogP contribution in [0.25, 0.3) is 0 Å². The molecular formula is C10H22OSi. The van der Waals surface area contributed by atoms with Crippen LogP contribution in [0, 0.1) is 5.41 Å². The molecule has 0 aliphatic rings. The standard InChI is InChI=1S/C10H22OSi/c1-10(2,3)9(7-8-11)12(4,5)6/h7,11H,8H2,1-6H3/b9-7-. The van der Waals surface area contributed by atoms with Gasteiger partial charge in [0.25, 0.3) is 0 Å². The highest BCUT2D eigenvalue weighted by molar-refractivity contribution is 6.83. The molecule has 0 spiro atoms. The van der Waals surface area contributed by atoms with Crippen LogP contribution in [0.1, 0.15) is 20.8 Å². The maximum absolute atomic E-state index is 8.91. The molecule has 2 heteroatoms. The number of rotatable bonds is 2. The third kappa shape index (κ3) is 3.54. The highest BCUT2D eigenvalue weighted by Gasteiger charge is 2.28. The molecular weight excluding hydrogens is 164 g/mol. The SMILES string of the molecule is CC(C)(C)/C(=C/CO)[Si](C)(C)C. The molecule has 0 aromatic carbocycles. The summed E-state index contributed by atoms with van der Waals surface area (Å²) in [6.07, 6.45) is 1.99. The molecule has 0 fully saturated rings.